The lowest BCUT2D eigenvalue weighted by atomic mass is 10.2. The zero-order valence-corrected chi connectivity index (χ0v) is 11.0. The maximum atomic E-state index is 11.9. The molecule has 0 aliphatic heterocycles. The van der Waals surface area contributed by atoms with E-state index < -0.39 is 0 Å². The fourth-order valence-electron chi connectivity index (χ4n) is 1.46. The Morgan fingerprint density at radius 1 is 1.28 bits per heavy atom. The van der Waals surface area contributed by atoms with Crippen LogP contribution in [0.1, 0.15) is 15.9 Å². The second kappa shape index (κ2) is 5.64. The van der Waals surface area contributed by atoms with E-state index in [4.69, 9.17) is 0 Å². The number of amides is 1. The van der Waals surface area contributed by atoms with Gasteiger partial charge >= 0.3 is 0 Å². The number of aryl methyl sites for hydroxylation is 1. The third-order valence-electron chi connectivity index (χ3n) is 2.35. The van der Waals surface area contributed by atoms with Crippen molar-refractivity contribution in [1.29, 1.82) is 0 Å². The van der Waals surface area contributed by atoms with Gasteiger partial charge in [0.05, 0.1) is 5.56 Å². The molecule has 1 aromatic heterocycles. The number of nitrogens with one attached hydrogen (secondary N) is 1. The zero-order valence-electron chi connectivity index (χ0n) is 10.2. The number of carbonyl (C=O) groups is 1. The highest BCUT2D eigenvalue weighted by Crippen LogP contribution is 2.12. The van der Waals surface area contributed by atoms with Crippen molar-refractivity contribution < 1.29 is 4.79 Å². The van der Waals surface area contributed by atoms with Crippen LogP contribution < -0.4 is 5.32 Å². The first-order chi connectivity index (χ1) is 8.69. The number of carbonyl (C=O) groups excluding carboxylic acids is 1. The molecule has 4 nitrogen and oxygen atoms in total. The summed E-state index contributed by atoms with van der Waals surface area (Å²) in [6.07, 6.45) is 4.95. The molecule has 0 atom stereocenters. The predicted molar refractivity (Wildman–Crippen MR) is 72.9 cm³/mol. The van der Waals surface area contributed by atoms with Crippen LogP contribution in [0, 0.1) is 6.92 Å². The van der Waals surface area contributed by atoms with Crippen molar-refractivity contribution in [2.24, 2.45) is 0 Å². The minimum atomic E-state index is -0.201. The standard InChI is InChI=1S/C13H13N3OS/c1-9-4-3-5-11(6-9)16-12(17)10-7-14-13(18-2)15-8-10/h3-8H,1-2H3,(H,16,17). The van der Waals surface area contributed by atoms with Crippen molar-refractivity contribution in [3.8, 4) is 0 Å². The first kappa shape index (κ1) is 12.6. The predicted octanol–water partition coefficient (Wildman–Crippen LogP) is 2.76. The van der Waals surface area contributed by atoms with Crippen LogP contribution in [-0.4, -0.2) is 22.1 Å². The maximum Gasteiger partial charge on any atom is 0.258 e. The number of hydrogen-bond donors (Lipinski definition) is 1. The summed E-state index contributed by atoms with van der Waals surface area (Å²) in [4.78, 5) is 20.1. The van der Waals surface area contributed by atoms with Gasteiger partial charge in [-0.3, -0.25) is 4.79 Å². The molecule has 1 aromatic carbocycles. The Balaban J connectivity index is 2.11. The second-order valence-electron chi connectivity index (χ2n) is 3.78. The minimum absolute atomic E-state index is 0.201. The van der Waals surface area contributed by atoms with Gasteiger partial charge in [-0.15, -0.1) is 0 Å². The lowest BCUT2D eigenvalue weighted by Crippen LogP contribution is -2.12. The van der Waals surface area contributed by atoms with Crippen molar-refractivity contribution >= 4 is 23.4 Å². The molecule has 0 aliphatic rings. The average molecular weight is 259 g/mol. The molecule has 0 fully saturated rings. The molecule has 18 heavy (non-hydrogen) atoms. The summed E-state index contributed by atoms with van der Waals surface area (Å²) in [5.41, 5.74) is 2.32. The molecule has 1 heterocycles. The number of thioether (sulfide) groups is 1. The third-order valence-corrected chi connectivity index (χ3v) is 2.92. The van der Waals surface area contributed by atoms with E-state index in [2.05, 4.69) is 15.3 Å². The van der Waals surface area contributed by atoms with Crippen molar-refractivity contribution in [2.45, 2.75) is 12.1 Å². The molecular weight excluding hydrogens is 246 g/mol. The van der Waals surface area contributed by atoms with Gasteiger partial charge in [0.25, 0.3) is 5.91 Å². The lowest BCUT2D eigenvalue weighted by molar-refractivity contribution is 0.102. The minimum Gasteiger partial charge on any atom is -0.322 e. The van der Waals surface area contributed by atoms with Crippen LogP contribution in [0.25, 0.3) is 0 Å². The normalized spacial score (nSPS) is 10.1. The van der Waals surface area contributed by atoms with Crippen LogP contribution in [0.3, 0.4) is 0 Å². The number of aromatic nitrogens is 2. The second-order valence-corrected chi connectivity index (χ2v) is 4.56. The summed E-state index contributed by atoms with van der Waals surface area (Å²) in [6.45, 7) is 1.98. The number of rotatable bonds is 3. The number of nitrogens with zero attached hydrogens (tertiary/aromatic N) is 2. The quantitative estimate of drug-likeness (QED) is 0.680. The smallest absolute Gasteiger partial charge is 0.258 e. The largest absolute Gasteiger partial charge is 0.322 e. The average Bonchev–Trinajstić information content (AvgIpc) is 2.39. The molecule has 1 N–H and O–H groups in total. The molecule has 0 unspecified atom stereocenters. The molecule has 0 bridgehead atoms. The van der Waals surface area contributed by atoms with Crippen molar-refractivity contribution in [2.75, 3.05) is 11.6 Å². The van der Waals surface area contributed by atoms with Crippen molar-refractivity contribution in [1.82, 2.24) is 9.97 Å². The van der Waals surface area contributed by atoms with Crippen LogP contribution in [-0.2, 0) is 0 Å². The van der Waals surface area contributed by atoms with Crippen LogP contribution in [0.5, 0.6) is 0 Å². The van der Waals surface area contributed by atoms with E-state index in [0.717, 1.165) is 11.3 Å². The Morgan fingerprint density at radius 2 is 2.00 bits per heavy atom. The summed E-state index contributed by atoms with van der Waals surface area (Å²) in [7, 11) is 0. The molecule has 0 spiro atoms. The van der Waals surface area contributed by atoms with Gasteiger partial charge in [0.1, 0.15) is 0 Å². The monoisotopic (exact) mass is 259 g/mol. The van der Waals surface area contributed by atoms with Gasteiger partial charge in [-0.25, -0.2) is 9.97 Å². The van der Waals surface area contributed by atoms with E-state index in [-0.39, 0.29) is 5.91 Å². The summed E-state index contributed by atoms with van der Waals surface area (Å²) in [6, 6.07) is 7.64. The molecule has 2 aromatic rings. The molecule has 2 rings (SSSR count). The molecular formula is C13H13N3OS. The van der Waals surface area contributed by atoms with E-state index in [0.29, 0.717) is 10.7 Å². The Morgan fingerprint density at radius 3 is 2.61 bits per heavy atom. The fraction of sp³-hybridized carbons (Fsp3) is 0.154. The van der Waals surface area contributed by atoms with E-state index >= 15 is 0 Å². The fourth-order valence-corrected chi connectivity index (χ4v) is 1.78. The van der Waals surface area contributed by atoms with E-state index in [9.17, 15) is 4.79 Å². The lowest BCUT2D eigenvalue weighted by Gasteiger charge is -2.05. The summed E-state index contributed by atoms with van der Waals surface area (Å²) < 4.78 is 0. The van der Waals surface area contributed by atoms with Gasteiger partial charge in [-0.2, -0.15) is 0 Å². The highest BCUT2D eigenvalue weighted by atomic mass is 32.2. The Labute approximate surface area is 110 Å². The van der Waals surface area contributed by atoms with Crippen LogP contribution in [0.2, 0.25) is 0 Å². The van der Waals surface area contributed by atoms with E-state index in [1.165, 1.54) is 24.2 Å². The first-order valence-electron chi connectivity index (χ1n) is 5.43. The van der Waals surface area contributed by atoms with Gasteiger partial charge in [0, 0.05) is 18.1 Å². The maximum absolute atomic E-state index is 11.9. The number of anilines is 1. The number of benzene rings is 1. The van der Waals surface area contributed by atoms with Gasteiger partial charge < -0.3 is 5.32 Å². The summed E-state index contributed by atoms with van der Waals surface area (Å²) in [5.74, 6) is -0.201. The summed E-state index contributed by atoms with van der Waals surface area (Å²) >= 11 is 1.44. The summed E-state index contributed by atoms with van der Waals surface area (Å²) in [5, 5.41) is 3.47. The molecule has 0 aliphatic carbocycles. The van der Waals surface area contributed by atoms with Gasteiger partial charge in [-0.1, -0.05) is 23.9 Å². The first-order valence-corrected chi connectivity index (χ1v) is 6.65. The van der Waals surface area contributed by atoms with Crippen molar-refractivity contribution in [3.05, 3.63) is 47.8 Å². The van der Waals surface area contributed by atoms with Crippen LogP contribution >= 0.6 is 11.8 Å². The molecule has 0 saturated carbocycles. The van der Waals surface area contributed by atoms with E-state index in [1.54, 1.807) is 0 Å². The van der Waals surface area contributed by atoms with Crippen LogP contribution in [0.15, 0.2) is 41.8 Å². The van der Waals surface area contributed by atoms with E-state index in [1.807, 2.05) is 37.4 Å². The van der Waals surface area contributed by atoms with Gasteiger partial charge in [0.15, 0.2) is 5.16 Å². The van der Waals surface area contributed by atoms with Gasteiger partial charge in [0.2, 0.25) is 0 Å². The highest BCUT2D eigenvalue weighted by Gasteiger charge is 2.07. The Hall–Kier alpha value is -1.88. The molecule has 92 valence electrons. The molecule has 1 amide bonds. The highest BCUT2D eigenvalue weighted by molar-refractivity contribution is 7.98. The molecule has 0 saturated heterocycles. The number of hydrogen-bond acceptors (Lipinski definition) is 4. The molecule has 5 heteroatoms. The van der Waals surface area contributed by atoms with Crippen LogP contribution in [0.4, 0.5) is 5.69 Å². The Kier molecular flexibility index (Phi) is 3.94. The third kappa shape index (κ3) is 3.07. The van der Waals surface area contributed by atoms with Crippen molar-refractivity contribution in [3.63, 3.8) is 0 Å². The van der Waals surface area contributed by atoms with Gasteiger partial charge in [-0.05, 0) is 30.9 Å². The Bertz CT molecular complexity index is 554. The molecule has 0 radical (unpaired) electrons. The topological polar surface area (TPSA) is 54.9 Å². The SMILES string of the molecule is CSc1ncc(C(=O)Nc2cccc(C)c2)cn1. The zero-order chi connectivity index (χ0) is 13.0.